The van der Waals surface area contributed by atoms with Gasteiger partial charge < -0.3 is 10.5 Å². The van der Waals surface area contributed by atoms with Gasteiger partial charge in [0.1, 0.15) is 45.0 Å². The predicted octanol–water partition coefficient (Wildman–Crippen LogP) is 2.77. The van der Waals surface area contributed by atoms with Crippen molar-refractivity contribution in [2.45, 2.75) is 25.1 Å². The molecule has 15 heteroatoms. The number of hydrogen-bond acceptors (Lipinski definition) is 8. The highest BCUT2D eigenvalue weighted by molar-refractivity contribution is 7.92. The van der Waals surface area contributed by atoms with Crippen LogP contribution in [0.15, 0.2) is 39.8 Å². The first-order valence-electron chi connectivity index (χ1n) is 9.97. The summed E-state index contributed by atoms with van der Waals surface area (Å²) >= 11 is 0. The number of ketones is 1. The Labute approximate surface area is 197 Å². The first kappa shape index (κ1) is 26.2. The van der Waals surface area contributed by atoms with Gasteiger partial charge in [0.05, 0.1) is 18.4 Å². The summed E-state index contributed by atoms with van der Waals surface area (Å²) in [6.45, 7) is -1.43. The third-order valence-corrected chi connectivity index (χ3v) is 7.54. The van der Waals surface area contributed by atoms with Crippen LogP contribution in [0.2, 0.25) is 0 Å². The Kier molecular flexibility index (Phi) is 7.29. The molecule has 0 fully saturated rings. The molecule has 0 radical (unpaired) electrons. The number of carbonyl (C=O) groups excluding carboxylic acids is 1. The van der Waals surface area contributed by atoms with Gasteiger partial charge in [-0.2, -0.15) is 13.2 Å². The maximum absolute atomic E-state index is 14.8. The normalized spacial score (nSPS) is 22.5. The van der Waals surface area contributed by atoms with Crippen molar-refractivity contribution in [1.82, 2.24) is 14.3 Å². The van der Waals surface area contributed by atoms with Gasteiger partial charge in [0, 0.05) is 12.7 Å². The second kappa shape index (κ2) is 9.71. The van der Waals surface area contributed by atoms with E-state index in [9.17, 15) is 31.0 Å². The van der Waals surface area contributed by atoms with Crippen LogP contribution in [0.25, 0.3) is 0 Å². The molecule has 0 aliphatic carbocycles. The van der Waals surface area contributed by atoms with Crippen LogP contribution in [0.5, 0.6) is 5.75 Å². The summed E-state index contributed by atoms with van der Waals surface area (Å²) in [7, 11) is -2.57. The van der Waals surface area contributed by atoms with Crippen LogP contribution in [-0.4, -0.2) is 62.6 Å². The molecule has 1 aliphatic rings. The first-order chi connectivity index (χ1) is 16.3. The largest absolute Gasteiger partial charge is 0.461 e. The smallest absolute Gasteiger partial charge is 0.408 e. The Bertz CT molecular complexity index is 1260. The van der Waals surface area contributed by atoms with E-state index in [1.165, 1.54) is 32.2 Å². The van der Waals surface area contributed by atoms with Gasteiger partial charge >= 0.3 is 6.18 Å². The number of nitrogens with zero attached hydrogens (tertiary/aromatic N) is 5. The zero-order valence-corrected chi connectivity index (χ0v) is 19.4. The van der Waals surface area contributed by atoms with Crippen LogP contribution in [-0.2, 0) is 21.9 Å². The molecule has 35 heavy (non-hydrogen) atoms. The molecule has 0 saturated carbocycles. The molecule has 0 aromatic carbocycles. The number of rotatable bonds is 7. The van der Waals surface area contributed by atoms with Gasteiger partial charge in [-0.25, -0.2) is 27.3 Å². The number of guanidine groups is 1. The quantitative estimate of drug-likeness (QED) is 0.443. The monoisotopic (exact) mass is 520 g/mol. The number of hydrogen-bond donors (Lipinski definition) is 1. The molecule has 190 valence electrons. The van der Waals surface area contributed by atoms with E-state index in [-0.39, 0.29) is 29.3 Å². The average Bonchev–Trinajstić information content (AvgIpc) is 2.78. The fourth-order valence-corrected chi connectivity index (χ4v) is 5.37. The number of ether oxygens (including phenoxy) is 1. The van der Waals surface area contributed by atoms with Crippen LogP contribution >= 0.6 is 0 Å². The molecule has 2 aromatic rings. The minimum Gasteiger partial charge on any atom is -0.461 e. The van der Waals surface area contributed by atoms with Crippen molar-refractivity contribution in [3.8, 4) is 5.75 Å². The van der Waals surface area contributed by atoms with Gasteiger partial charge in [0.2, 0.25) is 12.8 Å². The lowest BCUT2D eigenvalue weighted by Crippen LogP contribution is -2.51. The highest BCUT2D eigenvalue weighted by Gasteiger charge is 2.42. The summed E-state index contributed by atoms with van der Waals surface area (Å²) in [5, 5.41) is 0. The number of Topliss-reactive ketones (excluding diaryl/α,β-unsaturated/α-hetero) is 1. The molecule has 1 aliphatic heterocycles. The van der Waals surface area contributed by atoms with Gasteiger partial charge in [-0.05, 0) is 31.2 Å². The molecule has 2 N–H and O–H groups in total. The summed E-state index contributed by atoms with van der Waals surface area (Å²) in [5.41, 5.74) is 3.83. The number of halogens is 5. The number of aliphatic imine (C=N–C) groups is 1. The third-order valence-electron chi connectivity index (χ3n) is 5.03. The van der Waals surface area contributed by atoms with E-state index in [2.05, 4.69) is 24.1 Å². The van der Waals surface area contributed by atoms with Crippen LogP contribution in [0.1, 0.15) is 28.8 Å². The maximum atomic E-state index is 14.8. The second-order valence-electron chi connectivity index (χ2n) is 7.76. The Hall–Kier alpha value is -3.36. The Morgan fingerprint density at radius 2 is 2.03 bits per heavy atom. The van der Waals surface area contributed by atoms with Gasteiger partial charge in [0.15, 0.2) is 5.78 Å². The van der Waals surface area contributed by atoms with E-state index in [1.54, 1.807) is 0 Å². The maximum Gasteiger partial charge on any atom is 0.408 e. The lowest BCUT2D eigenvalue weighted by molar-refractivity contribution is -0.117. The highest BCUT2D eigenvalue weighted by atomic mass is 32.2. The molecule has 2 aromatic heterocycles. The lowest BCUT2D eigenvalue weighted by atomic mass is 9.99. The summed E-state index contributed by atoms with van der Waals surface area (Å²) in [4.78, 5) is 24.7. The van der Waals surface area contributed by atoms with E-state index in [1.807, 2.05) is 0 Å². The Morgan fingerprint density at radius 1 is 1.31 bits per heavy atom. The van der Waals surface area contributed by atoms with E-state index < -0.39 is 58.3 Å². The van der Waals surface area contributed by atoms with Gasteiger partial charge in [0.25, 0.3) is 0 Å². The lowest BCUT2D eigenvalue weighted by Gasteiger charge is -2.36. The summed E-state index contributed by atoms with van der Waals surface area (Å²) in [5.74, 6) is -2.28. The molecule has 0 unspecified atom stereocenters. The Balaban J connectivity index is 1.93. The zero-order chi connectivity index (χ0) is 26.0. The van der Waals surface area contributed by atoms with Crippen molar-refractivity contribution in [2.75, 3.05) is 26.2 Å². The summed E-state index contributed by atoms with van der Waals surface area (Å²) in [6.07, 6.45) is -3.86. The molecular formula is C20H21F5N6O3S. The van der Waals surface area contributed by atoms with Crippen molar-refractivity contribution >= 4 is 21.7 Å². The number of pyridine rings is 2. The SMILES string of the molecule is CN1C(N)=N[C@](C)(c2nc(CC(=O)c3ccc(OCF)cn3)ccc2F)C[S@@]1(=O)=NCC(F)(F)F. The second-order valence-corrected chi connectivity index (χ2v) is 10.1. The average molecular weight is 520 g/mol. The molecule has 0 saturated heterocycles. The van der Waals surface area contributed by atoms with Crippen LogP contribution in [0.3, 0.4) is 0 Å². The van der Waals surface area contributed by atoms with E-state index in [4.69, 9.17) is 5.73 Å². The number of nitrogens with two attached hydrogens (primary N) is 1. The summed E-state index contributed by atoms with van der Waals surface area (Å²) < 4.78 is 87.2. The van der Waals surface area contributed by atoms with Crippen molar-refractivity contribution in [3.63, 3.8) is 0 Å². The molecule has 3 heterocycles. The van der Waals surface area contributed by atoms with Crippen molar-refractivity contribution in [2.24, 2.45) is 15.1 Å². The van der Waals surface area contributed by atoms with Gasteiger partial charge in [-0.15, -0.1) is 0 Å². The topological polar surface area (TPSA) is 123 Å². The van der Waals surface area contributed by atoms with Crippen molar-refractivity contribution in [1.29, 1.82) is 0 Å². The summed E-state index contributed by atoms with van der Waals surface area (Å²) in [6, 6.07) is 4.92. The van der Waals surface area contributed by atoms with Crippen molar-refractivity contribution < 1.29 is 35.7 Å². The van der Waals surface area contributed by atoms with E-state index in [0.29, 0.717) is 0 Å². The number of carbonyl (C=O) groups is 1. The number of aromatic nitrogens is 2. The third kappa shape index (κ3) is 6.01. The molecule has 2 atom stereocenters. The first-order valence-corrected chi connectivity index (χ1v) is 11.6. The molecule has 0 spiro atoms. The molecule has 0 amide bonds. The van der Waals surface area contributed by atoms with Crippen molar-refractivity contribution in [3.05, 3.63) is 53.4 Å². The fourth-order valence-electron chi connectivity index (χ4n) is 3.30. The standard InChI is InChI=1S/C20H21F5N6O3S/c1-19(10-35(33,28-9-20(23,24)25)31(2)18(26)30-19)17-14(22)5-3-12(29-17)7-16(32)15-6-4-13(8-27-15)34-11-21/h3-6,8H,7,9-11H2,1-2H3,(H2,26,30)/t19-,35+/m0/s1. The number of alkyl halides is 4. The van der Waals surface area contributed by atoms with Gasteiger partial charge in [-0.1, -0.05) is 0 Å². The van der Waals surface area contributed by atoms with Crippen LogP contribution in [0.4, 0.5) is 22.0 Å². The molecular weight excluding hydrogens is 499 g/mol. The van der Waals surface area contributed by atoms with Crippen LogP contribution < -0.4 is 10.5 Å². The zero-order valence-electron chi connectivity index (χ0n) is 18.6. The Morgan fingerprint density at radius 3 is 2.63 bits per heavy atom. The predicted molar refractivity (Wildman–Crippen MR) is 116 cm³/mol. The molecule has 9 nitrogen and oxygen atoms in total. The highest BCUT2D eigenvalue weighted by Crippen LogP contribution is 2.33. The van der Waals surface area contributed by atoms with Gasteiger partial charge in [-0.3, -0.25) is 14.1 Å². The minimum atomic E-state index is -4.71. The van der Waals surface area contributed by atoms with Crippen LogP contribution in [0, 0.1) is 5.82 Å². The molecule has 3 rings (SSSR count). The fraction of sp³-hybridized carbons (Fsp3) is 0.400. The van der Waals surface area contributed by atoms with E-state index in [0.717, 1.165) is 16.6 Å². The minimum absolute atomic E-state index is 0.0191. The molecule has 0 bridgehead atoms. The van der Waals surface area contributed by atoms with E-state index >= 15 is 0 Å².